The van der Waals surface area contributed by atoms with Crippen molar-refractivity contribution < 1.29 is 0 Å². The molecule has 0 radical (unpaired) electrons. The Bertz CT molecular complexity index is 596. The van der Waals surface area contributed by atoms with Gasteiger partial charge in [-0.2, -0.15) is 4.37 Å². The summed E-state index contributed by atoms with van der Waals surface area (Å²) in [6.45, 7) is 5.37. The van der Waals surface area contributed by atoms with E-state index in [1.54, 1.807) is 11.3 Å². The van der Waals surface area contributed by atoms with Gasteiger partial charge in [0.1, 0.15) is 10.8 Å². The molecule has 108 valence electrons. The molecule has 1 aliphatic carbocycles. The Morgan fingerprint density at radius 1 is 1.40 bits per heavy atom. The van der Waals surface area contributed by atoms with Crippen LogP contribution in [0.25, 0.3) is 11.3 Å². The van der Waals surface area contributed by atoms with Crippen molar-refractivity contribution in [2.75, 3.05) is 17.6 Å². The van der Waals surface area contributed by atoms with E-state index < -0.39 is 0 Å². The number of aryl methyl sites for hydroxylation is 1. The molecule has 0 aliphatic heterocycles. The first-order valence-electron chi connectivity index (χ1n) is 6.99. The molecule has 0 amide bonds. The molecule has 1 saturated carbocycles. The molecule has 3 rings (SSSR count). The molecule has 20 heavy (non-hydrogen) atoms. The molecule has 0 atom stereocenters. The molecular weight excluding hydrogens is 288 g/mol. The number of hydrogen-bond donors (Lipinski definition) is 2. The number of nitrogens with zero attached hydrogens (tertiary/aromatic N) is 2. The highest BCUT2D eigenvalue weighted by Gasteiger charge is 2.29. The maximum atomic E-state index is 6.02. The topological polar surface area (TPSA) is 63.8 Å². The molecule has 0 aromatic carbocycles. The quantitative estimate of drug-likeness (QED) is 0.890. The molecule has 0 saturated heterocycles. The lowest BCUT2D eigenvalue weighted by Crippen LogP contribution is -2.22. The predicted octanol–water partition coefficient (Wildman–Crippen LogP) is 4.15. The van der Waals surface area contributed by atoms with Crippen LogP contribution in [0.1, 0.15) is 37.6 Å². The monoisotopic (exact) mass is 308 g/mol. The second kappa shape index (κ2) is 5.33. The van der Waals surface area contributed by atoms with Gasteiger partial charge in [0.25, 0.3) is 0 Å². The highest BCUT2D eigenvalue weighted by Crippen LogP contribution is 2.41. The maximum Gasteiger partial charge on any atom is 0.148 e. The standard InChI is InChI=1S/C14H20N4S2/c1-9-17-10(7-19-9)11-12(15)18-20-13(11)16-8-14(2)5-3-4-6-14/h7,16H,3-6,8H2,1-2H3,(H2,15,18). The summed E-state index contributed by atoms with van der Waals surface area (Å²) < 4.78 is 4.29. The normalized spacial score (nSPS) is 17.5. The Labute approximate surface area is 127 Å². The summed E-state index contributed by atoms with van der Waals surface area (Å²) in [7, 11) is 0. The van der Waals surface area contributed by atoms with Crippen molar-refractivity contribution in [3.8, 4) is 11.3 Å². The van der Waals surface area contributed by atoms with E-state index in [9.17, 15) is 0 Å². The van der Waals surface area contributed by atoms with Gasteiger partial charge in [-0.3, -0.25) is 0 Å². The Morgan fingerprint density at radius 3 is 2.80 bits per heavy atom. The number of nitrogen functional groups attached to an aromatic ring is 1. The van der Waals surface area contributed by atoms with E-state index in [2.05, 4.69) is 27.0 Å². The smallest absolute Gasteiger partial charge is 0.148 e. The fourth-order valence-electron chi connectivity index (χ4n) is 2.85. The highest BCUT2D eigenvalue weighted by atomic mass is 32.1. The number of nitrogens with one attached hydrogen (secondary N) is 1. The fourth-order valence-corrected chi connectivity index (χ4v) is 4.17. The summed E-state index contributed by atoms with van der Waals surface area (Å²) in [5, 5.41) is 7.73. The van der Waals surface area contributed by atoms with Gasteiger partial charge in [0, 0.05) is 11.9 Å². The van der Waals surface area contributed by atoms with Crippen molar-refractivity contribution in [2.45, 2.75) is 39.5 Å². The van der Waals surface area contributed by atoms with E-state index >= 15 is 0 Å². The number of nitrogens with two attached hydrogens (primary N) is 1. The van der Waals surface area contributed by atoms with E-state index in [1.807, 2.05) is 6.92 Å². The molecule has 1 aliphatic rings. The Morgan fingerprint density at radius 2 is 2.15 bits per heavy atom. The van der Waals surface area contributed by atoms with Gasteiger partial charge >= 0.3 is 0 Å². The third-order valence-electron chi connectivity index (χ3n) is 4.08. The Balaban J connectivity index is 1.80. The zero-order valence-corrected chi connectivity index (χ0v) is 13.5. The summed E-state index contributed by atoms with van der Waals surface area (Å²) in [6, 6.07) is 0. The largest absolute Gasteiger partial charge is 0.382 e. The third-order valence-corrected chi connectivity index (χ3v) is 5.67. The summed E-state index contributed by atoms with van der Waals surface area (Å²) >= 11 is 3.09. The minimum absolute atomic E-state index is 0.411. The van der Waals surface area contributed by atoms with Gasteiger partial charge in [-0.25, -0.2) is 4.98 Å². The van der Waals surface area contributed by atoms with Crippen LogP contribution in [-0.2, 0) is 0 Å². The second-order valence-electron chi connectivity index (χ2n) is 5.90. The van der Waals surface area contributed by atoms with Gasteiger partial charge in [0.2, 0.25) is 0 Å². The van der Waals surface area contributed by atoms with Crippen molar-refractivity contribution in [2.24, 2.45) is 5.41 Å². The van der Waals surface area contributed by atoms with E-state index in [0.717, 1.165) is 27.8 Å². The minimum atomic E-state index is 0.411. The second-order valence-corrected chi connectivity index (χ2v) is 7.73. The molecule has 2 aromatic heterocycles. The van der Waals surface area contributed by atoms with E-state index in [0.29, 0.717) is 11.2 Å². The lowest BCUT2D eigenvalue weighted by Gasteiger charge is -2.24. The minimum Gasteiger partial charge on any atom is -0.382 e. The number of aromatic nitrogens is 2. The van der Waals surface area contributed by atoms with Crippen LogP contribution in [-0.4, -0.2) is 15.9 Å². The van der Waals surface area contributed by atoms with Gasteiger partial charge in [-0.15, -0.1) is 11.3 Å². The van der Waals surface area contributed by atoms with Gasteiger partial charge < -0.3 is 11.1 Å². The zero-order valence-electron chi connectivity index (χ0n) is 11.9. The predicted molar refractivity (Wildman–Crippen MR) is 87.4 cm³/mol. The molecule has 0 unspecified atom stereocenters. The lowest BCUT2D eigenvalue weighted by molar-refractivity contribution is 0.362. The van der Waals surface area contributed by atoms with Crippen LogP contribution in [0.3, 0.4) is 0 Å². The zero-order chi connectivity index (χ0) is 14.2. The first kappa shape index (κ1) is 13.8. The van der Waals surface area contributed by atoms with Crippen molar-refractivity contribution >= 4 is 33.7 Å². The van der Waals surface area contributed by atoms with Crippen LogP contribution < -0.4 is 11.1 Å². The molecular formula is C14H20N4S2. The molecule has 0 bridgehead atoms. The van der Waals surface area contributed by atoms with Crippen molar-refractivity contribution in [3.05, 3.63) is 10.4 Å². The average Bonchev–Trinajstić information content (AvgIpc) is 3.09. The summed E-state index contributed by atoms with van der Waals surface area (Å²) in [5.74, 6) is 0.583. The summed E-state index contributed by atoms with van der Waals surface area (Å²) in [5.41, 5.74) is 8.35. The van der Waals surface area contributed by atoms with Gasteiger partial charge in [0.05, 0.1) is 16.3 Å². The van der Waals surface area contributed by atoms with Crippen LogP contribution in [0.4, 0.5) is 10.8 Å². The molecule has 3 N–H and O–H groups in total. The van der Waals surface area contributed by atoms with E-state index in [-0.39, 0.29) is 0 Å². The van der Waals surface area contributed by atoms with E-state index in [4.69, 9.17) is 5.73 Å². The third kappa shape index (κ3) is 2.67. The van der Waals surface area contributed by atoms with Crippen molar-refractivity contribution in [1.29, 1.82) is 0 Å². The fraction of sp³-hybridized carbons (Fsp3) is 0.571. The molecule has 2 heterocycles. The van der Waals surface area contributed by atoms with Crippen molar-refractivity contribution in [1.82, 2.24) is 9.36 Å². The Hall–Kier alpha value is -1.14. The number of anilines is 2. The summed E-state index contributed by atoms with van der Waals surface area (Å²) in [6.07, 6.45) is 5.31. The molecule has 6 heteroatoms. The highest BCUT2D eigenvalue weighted by molar-refractivity contribution is 7.11. The SMILES string of the molecule is Cc1nc(-c2c(N)nsc2NCC2(C)CCCC2)cs1. The Kier molecular flexibility index (Phi) is 3.69. The van der Waals surface area contributed by atoms with Crippen LogP contribution in [0.2, 0.25) is 0 Å². The molecule has 1 fully saturated rings. The van der Waals surface area contributed by atoms with Crippen LogP contribution in [0, 0.1) is 12.3 Å². The van der Waals surface area contributed by atoms with Crippen LogP contribution in [0.15, 0.2) is 5.38 Å². The van der Waals surface area contributed by atoms with E-state index in [1.165, 1.54) is 37.2 Å². The number of hydrogen-bond acceptors (Lipinski definition) is 6. The molecule has 4 nitrogen and oxygen atoms in total. The first-order valence-corrected chi connectivity index (χ1v) is 8.64. The lowest BCUT2D eigenvalue weighted by atomic mass is 9.89. The number of rotatable bonds is 4. The first-order chi connectivity index (χ1) is 9.57. The van der Waals surface area contributed by atoms with Crippen LogP contribution >= 0.6 is 22.9 Å². The molecule has 0 spiro atoms. The van der Waals surface area contributed by atoms with Crippen molar-refractivity contribution in [3.63, 3.8) is 0 Å². The average molecular weight is 308 g/mol. The van der Waals surface area contributed by atoms with Gasteiger partial charge in [-0.05, 0) is 36.7 Å². The summed E-state index contributed by atoms with van der Waals surface area (Å²) in [4.78, 5) is 4.54. The molecule has 2 aromatic rings. The van der Waals surface area contributed by atoms with Crippen LogP contribution in [0.5, 0.6) is 0 Å². The number of thiazole rings is 1. The van der Waals surface area contributed by atoms with Gasteiger partial charge in [0.15, 0.2) is 0 Å². The maximum absolute atomic E-state index is 6.02. The van der Waals surface area contributed by atoms with Gasteiger partial charge in [-0.1, -0.05) is 19.8 Å².